The van der Waals surface area contributed by atoms with E-state index in [1.807, 2.05) is 24.4 Å². The summed E-state index contributed by atoms with van der Waals surface area (Å²) in [6, 6.07) is 10.8. The van der Waals surface area contributed by atoms with Gasteiger partial charge in [-0.05, 0) is 37.1 Å². The molecule has 1 aromatic carbocycles. The Balaban J connectivity index is 0.00000225. The van der Waals surface area contributed by atoms with Gasteiger partial charge in [-0.1, -0.05) is 24.6 Å². The van der Waals surface area contributed by atoms with Crippen molar-refractivity contribution >= 4 is 29.2 Å². The molecule has 2 aromatic rings. The molecule has 1 unspecified atom stereocenters. The standard InChI is InChI=1S/C19H26N4O.ClH/c20-9-8-19(24)22-13-17-6-3-4-10-23(17)14-15-11-16-5-1-2-7-18(16)21-12-15;/h1-2,5,7,11-12,17H,3-4,6,8-10,13-14,20H2,(H,22,24);1H. The summed E-state index contributed by atoms with van der Waals surface area (Å²) >= 11 is 0. The minimum absolute atomic E-state index is 0. The highest BCUT2D eigenvalue weighted by atomic mass is 35.5. The maximum atomic E-state index is 11.7. The molecule has 1 atom stereocenters. The van der Waals surface area contributed by atoms with E-state index in [1.165, 1.54) is 23.8 Å². The molecule has 25 heavy (non-hydrogen) atoms. The van der Waals surface area contributed by atoms with Crippen LogP contribution in [0.3, 0.4) is 0 Å². The maximum Gasteiger partial charge on any atom is 0.221 e. The first-order valence-electron chi connectivity index (χ1n) is 8.81. The van der Waals surface area contributed by atoms with Crippen molar-refractivity contribution in [3.05, 3.63) is 42.1 Å². The molecule has 1 aliphatic heterocycles. The normalized spacial score (nSPS) is 17.9. The Hall–Kier alpha value is -1.69. The first-order chi connectivity index (χ1) is 11.8. The molecule has 0 saturated carbocycles. The van der Waals surface area contributed by atoms with E-state index in [0.29, 0.717) is 25.6 Å². The Labute approximate surface area is 155 Å². The molecule has 0 spiro atoms. The third-order valence-corrected chi connectivity index (χ3v) is 4.69. The molecule has 0 bridgehead atoms. The highest BCUT2D eigenvalue weighted by Crippen LogP contribution is 2.20. The van der Waals surface area contributed by atoms with Gasteiger partial charge in [0.1, 0.15) is 0 Å². The number of carbonyl (C=O) groups is 1. The summed E-state index contributed by atoms with van der Waals surface area (Å²) in [6.45, 7) is 3.07. The van der Waals surface area contributed by atoms with E-state index in [9.17, 15) is 4.79 Å². The summed E-state index contributed by atoms with van der Waals surface area (Å²) in [6.07, 6.45) is 5.95. The van der Waals surface area contributed by atoms with E-state index in [1.54, 1.807) is 0 Å². The van der Waals surface area contributed by atoms with Crippen molar-refractivity contribution in [3.8, 4) is 0 Å². The zero-order valence-corrected chi connectivity index (χ0v) is 15.3. The fourth-order valence-electron chi connectivity index (χ4n) is 3.39. The number of aromatic nitrogens is 1. The molecular weight excluding hydrogens is 336 g/mol. The first-order valence-corrected chi connectivity index (χ1v) is 8.81. The number of nitrogens with zero attached hydrogens (tertiary/aromatic N) is 2. The highest BCUT2D eigenvalue weighted by Gasteiger charge is 2.23. The topological polar surface area (TPSA) is 71.2 Å². The summed E-state index contributed by atoms with van der Waals surface area (Å²) in [5.74, 6) is 0.0513. The second-order valence-corrected chi connectivity index (χ2v) is 6.50. The van der Waals surface area contributed by atoms with Crippen molar-refractivity contribution in [2.75, 3.05) is 19.6 Å². The van der Waals surface area contributed by atoms with Crippen LogP contribution in [0.1, 0.15) is 31.2 Å². The molecule has 2 heterocycles. The Morgan fingerprint density at radius 3 is 3.00 bits per heavy atom. The number of fused-ring (bicyclic) bond motifs is 1. The lowest BCUT2D eigenvalue weighted by molar-refractivity contribution is -0.121. The van der Waals surface area contributed by atoms with Crippen LogP contribution in [0.25, 0.3) is 10.9 Å². The summed E-state index contributed by atoms with van der Waals surface area (Å²) in [5, 5.41) is 4.20. The zero-order valence-electron chi connectivity index (χ0n) is 14.5. The highest BCUT2D eigenvalue weighted by molar-refractivity contribution is 5.85. The van der Waals surface area contributed by atoms with Crippen LogP contribution in [0.4, 0.5) is 0 Å². The van der Waals surface area contributed by atoms with Crippen LogP contribution in [0.15, 0.2) is 36.5 Å². The van der Waals surface area contributed by atoms with E-state index in [-0.39, 0.29) is 18.3 Å². The average molecular weight is 363 g/mol. The van der Waals surface area contributed by atoms with Gasteiger partial charge in [0.15, 0.2) is 0 Å². The molecule has 1 amide bonds. The third-order valence-electron chi connectivity index (χ3n) is 4.69. The van der Waals surface area contributed by atoms with Crippen molar-refractivity contribution < 1.29 is 4.79 Å². The van der Waals surface area contributed by atoms with Crippen molar-refractivity contribution in [3.63, 3.8) is 0 Å². The van der Waals surface area contributed by atoms with E-state index < -0.39 is 0 Å². The van der Waals surface area contributed by atoms with Gasteiger partial charge in [-0.3, -0.25) is 14.7 Å². The molecule has 136 valence electrons. The number of hydrogen-bond acceptors (Lipinski definition) is 4. The van der Waals surface area contributed by atoms with Crippen LogP contribution in [-0.2, 0) is 11.3 Å². The molecule has 0 radical (unpaired) electrons. The van der Waals surface area contributed by atoms with Crippen LogP contribution in [0.2, 0.25) is 0 Å². The summed E-state index contributed by atoms with van der Waals surface area (Å²) in [4.78, 5) is 18.7. The lowest BCUT2D eigenvalue weighted by atomic mass is 10.0. The predicted molar refractivity (Wildman–Crippen MR) is 104 cm³/mol. The molecule has 1 fully saturated rings. The molecule has 1 saturated heterocycles. The molecule has 1 aliphatic rings. The number of hydrogen-bond donors (Lipinski definition) is 2. The Bertz CT molecular complexity index is 694. The Morgan fingerprint density at radius 2 is 2.16 bits per heavy atom. The van der Waals surface area contributed by atoms with Crippen LogP contribution in [0.5, 0.6) is 0 Å². The molecular formula is C19H27ClN4O. The van der Waals surface area contributed by atoms with Gasteiger partial charge in [0.25, 0.3) is 0 Å². The number of halogens is 1. The first kappa shape index (κ1) is 19.6. The maximum absolute atomic E-state index is 11.7. The van der Waals surface area contributed by atoms with Gasteiger partial charge in [-0.15, -0.1) is 12.4 Å². The van der Waals surface area contributed by atoms with Gasteiger partial charge in [0.05, 0.1) is 5.52 Å². The molecule has 5 nitrogen and oxygen atoms in total. The van der Waals surface area contributed by atoms with Crippen molar-refractivity contribution in [1.29, 1.82) is 0 Å². The SMILES string of the molecule is Cl.NCCC(=O)NCC1CCCCN1Cc1cnc2ccccc2c1. The van der Waals surface area contributed by atoms with E-state index in [4.69, 9.17) is 5.73 Å². The van der Waals surface area contributed by atoms with Crippen molar-refractivity contribution in [1.82, 2.24) is 15.2 Å². The Morgan fingerprint density at radius 1 is 1.32 bits per heavy atom. The smallest absolute Gasteiger partial charge is 0.221 e. The number of likely N-dealkylation sites (tertiary alicyclic amines) is 1. The second kappa shape index (κ2) is 9.70. The number of nitrogens with one attached hydrogen (secondary N) is 1. The molecule has 0 aliphatic carbocycles. The number of nitrogens with two attached hydrogens (primary N) is 1. The van der Waals surface area contributed by atoms with Crippen LogP contribution < -0.4 is 11.1 Å². The number of pyridine rings is 1. The van der Waals surface area contributed by atoms with E-state index in [2.05, 4.69) is 27.3 Å². The fraction of sp³-hybridized carbons (Fsp3) is 0.474. The van der Waals surface area contributed by atoms with Crippen molar-refractivity contribution in [2.24, 2.45) is 5.73 Å². The molecule has 3 N–H and O–H groups in total. The van der Waals surface area contributed by atoms with E-state index in [0.717, 1.165) is 25.0 Å². The quantitative estimate of drug-likeness (QED) is 0.828. The largest absolute Gasteiger partial charge is 0.354 e. The number of amides is 1. The minimum Gasteiger partial charge on any atom is -0.354 e. The van der Waals surface area contributed by atoms with Gasteiger partial charge in [0.2, 0.25) is 5.91 Å². The lowest BCUT2D eigenvalue weighted by Gasteiger charge is -2.35. The zero-order chi connectivity index (χ0) is 16.8. The van der Waals surface area contributed by atoms with Gasteiger partial charge >= 0.3 is 0 Å². The minimum atomic E-state index is 0. The predicted octanol–water partition coefficient (Wildman–Crippen LogP) is 2.48. The Kier molecular flexibility index (Phi) is 7.62. The number of carbonyl (C=O) groups excluding carboxylic acids is 1. The summed E-state index contributed by atoms with van der Waals surface area (Å²) in [5.41, 5.74) is 7.70. The van der Waals surface area contributed by atoms with Gasteiger partial charge < -0.3 is 11.1 Å². The van der Waals surface area contributed by atoms with Crippen LogP contribution in [0, 0.1) is 0 Å². The van der Waals surface area contributed by atoms with Gasteiger partial charge in [-0.2, -0.15) is 0 Å². The van der Waals surface area contributed by atoms with Gasteiger partial charge in [0, 0.05) is 43.7 Å². The number of para-hydroxylation sites is 1. The molecule has 6 heteroatoms. The van der Waals surface area contributed by atoms with Gasteiger partial charge in [-0.25, -0.2) is 0 Å². The van der Waals surface area contributed by atoms with Crippen molar-refractivity contribution in [2.45, 2.75) is 38.3 Å². The monoisotopic (exact) mass is 362 g/mol. The van der Waals surface area contributed by atoms with E-state index >= 15 is 0 Å². The number of rotatable bonds is 6. The molecule has 1 aromatic heterocycles. The average Bonchev–Trinajstić information content (AvgIpc) is 2.61. The summed E-state index contributed by atoms with van der Waals surface area (Å²) < 4.78 is 0. The van der Waals surface area contributed by atoms with Crippen LogP contribution >= 0.6 is 12.4 Å². The summed E-state index contributed by atoms with van der Waals surface area (Å²) in [7, 11) is 0. The number of piperidine rings is 1. The third kappa shape index (κ3) is 5.39. The number of benzene rings is 1. The lowest BCUT2D eigenvalue weighted by Crippen LogP contribution is -2.46. The fourth-order valence-corrected chi connectivity index (χ4v) is 3.39. The second-order valence-electron chi connectivity index (χ2n) is 6.50. The molecule has 3 rings (SSSR count). The van der Waals surface area contributed by atoms with Crippen LogP contribution in [-0.4, -0.2) is 41.5 Å².